The van der Waals surface area contributed by atoms with Crippen LogP contribution in [0.3, 0.4) is 0 Å². The van der Waals surface area contributed by atoms with E-state index in [1.54, 1.807) is 0 Å². The zero-order valence-electron chi connectivity index (χ0n) is 10.2. The third-order valence-electron chi connectivity index (χ3n) is 3.08. The average molecular weight is 238 g/mol. The highest BCUT2D eigenvalue weighted by atomic mass is 16.3. The third kappa shape index (κ3) is 1.69. The molecular weight excluding hydrogens is 224 g/mol. The van der Waals surface area contributed by atoms with Gasteiger partial charge in [-0.15, -0.1) is 0 Å². The second kappa shape index (κ2) is 4.27. The summed E-state index contributed by atoms with van der Waals surface area (Å²) < 4.78 is 1.94. The summed E-state index contributed by atoms with van der Waals surface area (Å²) in [6, 6.07) is 14.0. The van der Waals surface area contributed by atoms with Crippen molar-refractivity contribution in [1.29, 1.82) is 0 Å². The van der Waals surface area contributed by atoms with Crippen LogP contribution in [0.2, 0.25) is 0 Å². The number of hydrogen-bond acceptors (Lipinski definition) is 2. The molecule has 0 amide bonds. The Hall–Kier alpha value is -2.13. The number of rotatable bonds is 2. The largest absolute Gasteiger partial charge is 0.390 e. The van der Waals surface area contributed by atoms with Crippen LogP contribution in [0.15, 0.2) is 48.7 Å². The normalized spacial score (nSPS) is 11.0. The molecule has 0 radical (unpaired) electrons. The van der Waals surface area contributed by atoms with Gasteiger partial charge < -0.3 is 9.51 Å². The lowest BCUT2D eigenvalue weighted by atomic mass is 10.1. The monoisotopic (exact) mass is 238 g/mol. The first-order chi connectivity index (χ1) is 8.79. The van der Waals surface area contributed by atoms with Gasteiger partial charge in [0.05, 0.1) is 18.0 Å². The molecule has 3 aromatic rings. The maximum absolute atomic E-state index is 9.58. The van der Waals surface area contributed by atoms with E-state index in [-0.39, 0.29) is 6.61 Å². The highest BCUT2D eigenvalue weighted by Gasteiger charge is 2.12. The van der Waals surface area contributed by atoms with E-state index in [4.69, 9.17) is 0 Å². The van der Waals surface area contributed by atoms with E-state index in [9.17, 15) is 5.11 Å². The summed E-state index contributed by atoms with van der Waals surface area (Å²) in [5, 5.41) is 9.58. The zero-order valence-corrected chi connectivity index (χ0v) is 10.2. The Morgan fingerprint density at radius 1 is 1.17 bits per heavy atom. The molecule has 1 N–H and O–H groups in total. The van der Waals surface area contributed by atoms with Crippen molar-refractivity contribution in [3.05, 3.63) is 59.9 Å². The van der Waals surface area contributed by atoms with Gasteiger partial charge in [0.15, 0.2) is 0 Å². The lowest BCUT2D eigenvalue weighted by molar-refractivity contribution is 0.276. The number of nitrogens with zero attached hydrogens (tertiary/aromatic N) is 2. The molecule has 0 aliphatic carbocycles. The predicted molar refractivity (Wildman–Crippen MR) is 71.3 cm³/mol. The number of aliphatic hydroxyl groups is 1. The minimum Gasteiger partial charge on any atom is -0.390 e. The van der Waals surface area contributed by atoms with E-state index >= 15 is 0 Å². The second-order valence-electron chi connectivity index (χ2n) is 4.36. The molecule has 0 spiro atoms. The fraction of sp³-hybridized carbons (Fsp3) is 0.133. The Bertz CT molecular complexity index is 686. The SMILES string of the molecule is Cc1ccn2c(CO)c(-c3ccccc3)nc2c1. The van der Waals surface area contributed by atoms with Crippen LogP contribution in [0.25, 0.3) is 16.9 Å². The summed E-state index contributed by atoms with van der Waals surface area (Å²) in [6.07, 6.45) is 1.95. The summed E-state index contributed by atoms with van der Waals surface area (Å²) in [4.78, 5) is 4.62. The first kappa shape index (κ1) is 11.0. The average Bonchev–Trinajstić information content (AvgIpc) is 2.77. The van der Waals surface area contributed by atoms with Gasteiger partial charge in [0, 0.05) is 11.8 Å². The van der Waals surface area contributed by atoms with Crippen molar-refractivity contribution in [3.63, 3.8) is 0 Å². The van der Waals surface area contributed by atoms with Gasteiger partial charge in [-0.05, 0) is 24.6 Å². The van der Waals surface area contributed by atoms with Crippen LogP contribution in [0.4, 0.5) is 0 Å². The Kier molecular flexibility index (Phi) is 2.61. The fourth-order valence-electron chi connectivity index (χ4n) is 2.18. The van der Waals surface area contributed by atoms with Crippen LogP contribution in [0.5, 0.6) is 0 Å². The first-order valence-corrected chi connectivity index (χ1v) is 5.93. The zero-order chi connectivity index (χ0) is 12.5. The van der Waals surface area contributed by atoms with Gasteiger partial charge in [-0.1, -0.05) is 30.3 Å². The molecule has 3 heteroatoms. The maximum atomic E-state index is 9.58. The van der Waals surface area contributed by atoms with Crippen molar-refractivity contribution in [2.45, 2.75) is 13.5 Å². The van der Waals surface area contributed by atoms with Crippen molar-refractivity contribution in [2.75, 3.05) is 0 Å². The van der Waals surface area contributed by atoms with E-state index in [1.165, 1.54) is 0 Å². The van der Waals surface area contributed by atoms with Crippen LogP contribution in [-0.2, 0) is 6.61 Å². The van der Waals surface area contributed by atoms with Crippen LogP contribution < -0.4 is 0 Å². The van der Waals surface area contributed by atoms with Gasteiger partial charge >= 0.3 is 0 Å². The molecule has 18 heavy (non-hydrogen) atoms. The Balaban J connectivity index is 2.29. The van der Waals surface area contributed by atoms with Crippen LogP contribution >= 0.6 is 0 Å². The molecule has 0 aliphatic rings. The molecule has 2 heterocycles. The highest BCUT2D eigenvalue weighted by molar-refractivity contribution is 5.66. The predicted octanol–water partition coefficient (Wildman–Crippen LogP) is 2.80. The molecule has 90 valence electrons. The van der Waals surface area contributed by atoms with E-state index < -0.39 is 0 Å². The number of aromatic nitrogens is 2. The van der Waals surface area contributed by atoms with Crippen molar-refractivity contribution in [3.8, 4) is 11.3 Å². The molecular formula is C15H14N2O. The number of hydrogen-bond donors (Lipinski definition) is 1. The van der Waals surface area contributed by atoms with Crippen LogP contribution in [0, 0.1) is 6.92 Å². The first-order valence-electron chi connectivity index (χ1n) is 5.93. The smallest absolute Gasteiger partial charge is 0.138 e. The molecule has 2 aromatic heterocycles. The summed E-state index contributed by atoms with van der Waals surface area (Å²) in [6.45, 7) is 2.02. The lowest BCUT2D eigenvalue weighted by Crippen LogP contribution is -1.94. The number of aryl methyl sites for hydroxylation is 1. The molecule has 0 aliphatic heterocycles. The van der Waals surface area contributed by atoms with Gasteiger partial charge in [0.1, 0.15) is 5.65 Å². The fourth-order valence-corrected chi connectivity index (χ4v) is 2.18. The molecule has 0 unspecified atom stereocenters. The van der Waals surface area contributed by atoms with Gasteiger partial charge in [0.2, 0.25) is 0 Å². The Morgan fingerprint density at radius 2 is 1.94 bits per heavy atom. The Labute approximate surface area is 105 Å². The number of aliphatic hydroxyl groups excluding tert-OH is 1. The second-order valence-corrected chi connectivity index (χ2v) is 4.36. The van der Waals surface area contributed by atoms with E-state index in [1.807, 2.05) is 60.0 Å². The summed E-state index contributed by atoms with van der Waals surface area (Å²) in [5.74, 6) is 0. The molecule has 3 rings (SSSR count). The van der Waals surface area contributed by atoms with Gasteiger partial charge in [-0.2, -0.15) is 0 Å². The summed E-state index contributed by atoms with van der Waals surface area (Å²) in [7, 11) is 0. The van der Waals surface area contributed by atoms with Crippen molar-refractivity contribution in [2.24, 2.45) is 0 Å². The summed E-state index contributed by atoms with van der Waals surface area (Å²) in [5.41, 5.74) is 4.75. The molecule has 0 bridgehead atoms. The molecule has 0 saturated carbocycles. The molecule has 3 nitrogen and oxygen atoms in total. The van der Waals surface area contributed by atoms with Crippen LogP contribution in [0.1, 0.15) is 11.3 Å². The number of pyridine rings is 1. The number of fused-ring (bicyclic) bond motifs is 1. The Morgan fingerprint density at radius 3 is 2.67 bits per heavy atom. The van der Waals surface area contributed by atoms with Crippen LogP contribution in [-0.4, -0.2) is 14.5 Å². The molecule has 0 fully saturated rings. The van der Waals surface area contributed by atoms with Gasteiger partial charge in [-0.3, -0.25) is 0 Å². The highest BCUT2D eigenvalue weighted by Crippen LogP contribution is 2.24. The topological polar surface area (TPSA) is 37.5 Å². The standard InChI is InChI=1S/C15H14N2O/c1-11-7-8-17-13(10-18)15(16-14(17)9-11)12-5-3-2-4-6-12/h2-9,18H,10H2,1H3. The maximum Gasteiger partial charge on any atom is 0.138 e. The number of imidazole rings is 1. The van der Waals surface area contributed by atoms with Crippen molar-refractivity contribution >= 4 is 5.65 Å². The molecule has 0 atom stereocenters. The number of benzene rings is 1. The van der Waals surface area contributed by atoms with E-state index in [0.29, 0.717) is 0 Å². The minimum atomic E-state index is -0.0194. The van der Waals surface area contributed by atoms with E-state index in [0.717, 1.165) is 28.2 Å². The van der Waals surface area contributed by atoms with Crippen molar-refractivity contribution in [1.82, 2.24) is 9.38 Å². The minimum absolute atomic E-state index is 0.0194. The van der Waals surface area contributed by atoms with E-state index in [2.05, 4.69) is 4.98 Å². The van der Waals surface area contributed by atoms with Gasteiger partial charge in [0.25, 0.3) is 0 Å². The van der Waals surface area contributed by atoms with Crippen molar-refractivity contribution < 1.29 is 5.11 Å². The molecule has 1 aromatic carbocycles. The lowest BCUT2D eigenvalue weighted by Gasteiger charge is -2.01. The summed E-state index contributed by atoms with van der Waals surface area (Å²) >= 11 is 0. The quantitative estimate of drug-likeness (QED) is 0.745. The van der Waals surface area contributed by atoms with Gasteiger partial charge in [-0.25, -0.2) is 4.98 Å². The third-order valence-corrected chi connectivity index (χ3v) is 3.08. The molecule has 0 saturated heterocycles.